The lowest BCUT2D eigenvalue weighted by Crippen LogP contribution is -2.26. The van der Waals surface area contributed by atoms with E-state index in [-0.39, 0.29) is 35.4 Å². The lowest BCUT2D eigenvalue weighted by atomic mass is 9.78. The number of ketones is 1. The van der Waals surface area contributed by atoms with Crippen LogP contribution in [0.3, 0.4) is 0 Å². The molecule has 31 heavy (non-hydrogen) atoms. The maximum Gasteiger partial charge on any atom is 0.291 e. The van der Waals surface area contributed by atoms with Gasteiger partial charge >= 0.3 is 0 Å². The number of nitrogens with zero attached hydrogens (tertiary/aromatic N) is 1. The molecule has 1 aliphatic rings. The number of benzene rings is 1. The Morgan fingerprint density at radius 1 is 1.19 bits per heavy atom. The van der Waals surface area contributed by atoms with Gasteiger partial charge < -0.3 is 14.5 Å². The van der Waals surface area contributed by atoms with E-state index in [0.717, 1.165) is 5.69 Å². The number of aromatic nitrogens is 1. The molecule has 2 aromatic heterocycles. The Bertz CT molecular complexity index is 1130. The van der Waals surface area contributed by atoms with Crippen LogP contribution in [-0.2, 0) is 11.2 Å². The van der Waals surface area contributed by atoms with Gasteiger partial charge in [0.05, 0.1) is 16.8 Å². The zero-order valence-electron chi connectivity index (χ0n) is 17.1. The van der Waals surface area contributed by atoms with Gasteiger partial charge in [-0.1, -0.05) is 31.3 Å². The molecule has 2 N–H and O–H groups in total. The zero-order chi connectivity index (χ0) is 22.0. The molecule has 0 unspecified atom stereocenters. The number of rotatable bonds is 6. The fourth-order valence-electron chi connectivity index (χ4n) is 3.34. The predicted octanol–water partition coefficient (Wildman–Crippen LogP) is 4.16. The highest BCUT2D eigenvalue weighted by Gasteiger charge is 2.34. The monoisotopic (exact) mass is 439 g/mol. The third kappa shape index (κ3) is 5.00. The summed E-state index contributed by atoms with van der Waals surface area (Å²) in [6.45, 7) is 3.83. The summed E-state index contributed by atoms with van der Waals surface area (Å²) >= 11 is 1.20. The molecule has 0 fully saturated rings. The zero-order valence-corrected chi connectivity index (χ0v) is 17.9. The number of fused-ring (bicyclic) bond motifs is 1. The van der Waals surface area contributed by atoms with Crippen molar-refractivity contribution < 1.29 is 23.5 Å². The first-order valence-electron chi connectivity index (χ1n) is 9.69. The minimum Gasteiger partial charge on any atom is -0.484 e. The van der Waals surface area contributed by atoms with Crippen LogP contribution in [0.15, 0.2) is 47.1 Å². The maximum absolute atomic E-state index is 12.3. The second kappa shape index (κ2) is 8.35. The molecule has 0 aliphatic heterocycles. The maximum atomic E-state index is 12.3. The summed E-state index contributed by atoms with van der Waals surface area (Å²) in [5.41, 5.74) is 1.12. The number of hydrogen-bond acceptors (Lipinski definition) is 7. The van der Waals surface area contributed by atoms with E-state index >= 15 is 0 Å². The molecule has 4 rings (SSSR count). The van der Waals surface area contributed by atoms with Gasteiger partial charge in [0.25, 0.3) is 11.8 Å². The molecule has 0 saturated carbocycles. The normalized spacial score (nSPS) is 14.6. The summed E-state index contributed by atoms with van der Waals surface area (Å²) in [6, 6.07) is 9.88. The predicted molar refractivity (Wildman–Crippen MR) is 116 cm³/mol. The molecule has 0 bridgehead atoms. The molecule has 160 valence electrons. The van der Waals surface area contributed by atoms with Gasteiger partial charge in [0.1, 0.15) is 5.75 Å². The smallest absolute Gasteiger partial charge is 0.291 e. The molecule has 2 amide bonds. The molecule has 1 aromatic carbocycles. The summed E-state index contributed by atoms with van der Waals surface area (Å²) in [7, 11) is 0. The van der Waals surface area contributed by atoms with Crippen molar-refractivity contribution in [2.24, 2.45) is 5.41 Å². The molecule has 8 nitrogen and oxygen atoms in total. The number of carbonyl (C=O) groups is 3. The molecule has 9 heteroatoms. The molecular weight excluding hydrogens is 418 g/mol. The highest BCUT2D eigenvalue weighted by atomic mass is 32.1. The molecule has 0 saturated heterocycles. The van der Waals surface area contributed by atoms with Crippen molar-refractivity contribution in [1.29, 1.82) is 0 Å². The SMILES string of the molecule is CC1(C)CC(=O)c2sc(NC(=O)COc3cccc(NC(=O)c4ccco4)c3)nc2C1. The van der Waals surface area contributed by atoms with Crippen molar-refractivity contribution in [2.75, 3.05) is 17.2 Å². The van der Waals surface area contributed by atoms with E-state index in [4.69, 9.17) is 9.15 Å². The molecule has 1 aliphatic carbocycles. The van der Waals surface area contributed by atoms with Crippen LogP contribution < -0.4 is 15.4 Å². The quantitative estimate of drug-likeness (QED) is 0.597. The van der Waals surface area contributed by atoms with E-state index in [2.05, 4.69) is 15.6 Å². The standard InChI is InChI=1S/C22H21N3O5S/c1-22(2)10-15-19(16(26)11-22)31-21(24-15)25-18(27)12-30-14-6-3-5-13(9-14)23-20(28)17-7-4-8-29-17/h3-9H,10-12H2,1-2H3,(H,23,28)(H,24,25,27). The van der Waals surface area contributed by atoms with Gasteiger partial charge in [-0.2, -0.15) is 0 Å². The van der Waals surface area contributed by atoms with Crippen LogP contribution in [-0.4, -0.2) is 29.2 Å². The Hall–Kier alpha value is -3.46. The van der Waals surface area contributed by atoms with Crippen molar-refractivity contribution in [1.82, 2.24) is 4.98 Å². The number of carbonyl (C=O) groups excluding carboxylic acids is 3. The van der Waals surface area contributed by atoms with Crippen molar-refractivity contribution in [2.45, 2.75) is 26.7 Å². The van der Waals surface area contributed by atoms with Gasteiger partial charge in [0.2, 0.25) is 0 Å². The van der Waals surface area contributed by atoms with E-state index in [1.54, 1.807) is 36.4 Å². The van der Waals surface area contributed by atoms with E-state index in [0.29, 0.717) is 34.3 Å². The average molecular weight is 439 g/mol. The van der Waals surface area contributed by atoms with Crippen LogP contribution in [0, 0.1) is 5.41 Å². The topological polar surface area (TPSA) is 111 Å². The third-order valence-electron chi connectivity index (χ3n) is 4.69. The molecule has 0 atom stereocenters. The van der Waals surface area contributed by atoms with E-state index in [1.807, 2.05) is 13.8 Å². The summed E-state index contributed by atoms with van der Waals surface area (Å²) in [5.74, 6) is -0.0939. The Morgan fingerprint density at radius 3 is 2.81 bits per heavy atom. The fourth-order valence-corrected chi connectivity index (χ4v) is 4.28. The molecule has 2 heterocycles. The molecule has 3 aromatic rings. The highest BCUT2D eigenvalue weighted by molar-refractivity contribution is 7.17. The van der Waals surface area contributed by atoms with Crippen molar-refractivity contribution in [3.8, 4) is 5.75 Å². The molecule has 0 radical (unpaired) electrons. The van der Waals surface area contributed by atoms with Gasteiger partial charge in [-0.25, -0.2) is 4.98 Å². The molecular formula is C22H21N3O5S. The largest absolute Gasteiger partial charge is 0.484 e. The number of anilines is 2. The van der Waals surface area contributed by atoms with Crippen molar-refractivity contribution in [3.05, 3.63) is 59.0 Å². The van der Waals surface area contributed by atoms with Gasteiger partial charge in [-0.05, 0) is 36.1 Å². The number of amides is 2. The first-order chi connectivity index (χ1) is 14.8. The number of Topliss-reactive ketones (excluding diaryl/α,β-unsaturated/α-hetero) is 1. The van der Waals surface area contributed by atoms with Crippen LogP contribution in [0.5, 0.6) is 5.75 Å². The Kier molecular flexibility index (Phi) is 5.60. The van der Waals surface area contributed by atoms with Crippen LogP contribution in [0.1, 0.15) is 46.2 Å². The summed E-state index contributed by atoms with van der Waals surface area (Å²) in [6.07, 6.45) is 2.60. The van der Waals surface area contributed by atoms with Crippen molar-refractivity contribution in [3.63, 3.8) is 0 Å². The van der Waals surface area contributed by atoms with Gasteiger partial charge in [-0.15, -0.1) is 0 Å². The van der Waals surface area contributed by atoms with Crippen LogP contribution in [0.25, 0.3) is 0 Å². The number of ether oxygens (including phenoxy) is 1. The van der Waals surface area contributed by atoms with Gasteiger partial charge in [0, 0.05) is 18.2 Å². The number of furan rings is 1. The van der Waals surface area contributed by atoms with E-state index in [9.17, 15) is 14.4 Å². The number of thiazole rings is 1. The summed E-state index contributed by atoms with van der Waals surface area (Å²) in [5, 5.41) is 5.78. The second-order valence-electron chi connectivity index (χ2n) is 8.03. The lowest BCUT2D eigenvalue weighted by Gasteiger charge is -2.26. The minimum absolute atomic E-state index is 0.0638. The summed E-state index contributed by atoms with van der Waals surface area (Å²) in [4.78, 5) is 41.7. The number of nitrogens with one attached hydrogen (secondary N) is 2. The Balaban J connectivity index is 1.33. The third-order valence-corrected chi connectivity index (χ3v) is 5.74. The van der Waals surface area contributed by atoms with E-state index in [1.165, 1.54) is 17.6 Å². The van der Waals surface area contributed by atoms with E-state index < -0.39 is 0 Å². The van der Waals surface area contributed by atoms with Gasteiger partial charge in [0.15, 0.2) is 23.3 Å². The Labute approximate surface area is 182 Å². The first kappa shape index (κ1) is 20.8. The molecule has 0 spiro atoms. The lowest BCUT2D eigenvalue weighted by molar-refractivity contribution is -0.118. The van der Waals surface area contributed by atoms with Crippen LogP contribution in [0.2, 0.25) is 0 Å². The first-order valence-corrected chi connectivity index (χ1v) is 10.5. The Morgan fingerprint density at radius 2 is 2.03 bits per heavy atom. The second-order valence-corrected chi connectivity index (χ2v) is 9.03. The van der Waals surface area contributed by atoms with Crippen molar-refractivity contribution >= 4 is 39.8 Å². The summed E-state index contributed by atoms with van der Waals surface area (Å²) < 4.78 is 10.6. The van der Waals surface area contributed by atoms with Crippen LogP contribution >= 0.6 is 11.3 Å². The average Bonchev–Trinajstić information content (AvgIpc) is 3.36. The highest BCUT2D eigenvalue weighted by Crippen LogP contribution is 2.38. The number of hydrogen-bond donors (Lipinski definition) is 2. The van der Waals surface area contributed by atoms with Crippen LogP contribution in [0.4, 0.5) is 10.8 Å². The van der Waals surface area contributed by atoms with Gasteiger partial charge in [-0.3, -0.25) is 19.7 Å². The fraction of sp³-hybridized carbons (Fsp3) is 0.273. The minimum atomic E-state index is -0.386.